The van der Waals surface area contributed by atoms with Gasteiger partial charge >= 0.3 is 6.09 Å². The summed E-state index contributed by atoms with van der Waals surface area (Å²) in [7, 11) is 0. The summed E-state index contributed by atoms with van der Waals surface area (Å²) in [6.45, 7) is 8.55. The maximum atomic E-state index is 13.2. The van der Waals surface area contributed by atoms with Crippen LogP contribution in [-0.2, 0) is 17.8 Å². The van der Waals surface area contributed by atoms with Crippen molar-refractivity contribution in [2.75, 3.05) is 18.1 Å². The highest BCUT2D eigenvalue weighted by Crippen LogP contribution is 2.25. The number of amides is 1. The van der Waals surface area contributed by atoms with E-state index in [2.05, 4.69) is 23.0 Å². The SMILES string of the molecule is CCc1[c]cccc1OCCN(C(=O)OC(C)(C)C)c1cc(-c2ccc(OCc3ccccc3)cc2)ncn1. The van der Waals surface area contributed by atoms with Crippen LogP contribution in [-0.4, -0.2) is 34.8 Å². The van der Waals surface area contributed by atoms with Crippen molar-refractivity contribution in [3.63, 3.8) is 0 Å². The van der Waals surface area contributed by atoms with Crippen LogP contribution >= 0.6 is 0 Å². The quantitative estimate of drug-likeness (QED) is 0.225. The number of benzene rings is 3. The Morgan fingerprint density at radius 1 is 0.949 bits per heavy atom. The number of hydrogen-bond acceptors (Lipinski definition) is 6. The van der Waals surface area contributed by atoms with Crippen molar-refractivity contribution in [2.24, 2.45) is 0 Å². The van der Waals surface area contributed by atoms with Gasteiger partial charge in [-0.2, -0.15) is 0 Å². The van der Waals surface area contributed by atoms with Crippen LogP contribution < -0.4 is 14.4 Å². The molecule has 0 atom stereocenters. The molecule has 1 radical (unpaired) electrons. The lowest BCUT2D eigenvalue weighted by Crippen LogP contribution is -2.39. The number of carbonyl (C=O) groups is 1. The molecule has 1 heterocycles. The molecule has 7 heteroatoms. The molecule has 0 saturated carbocycles. The Hall–Kier alpha value is -4.39. The third-order valence-corrected chi connectivity index (χ3v) is 5.77. The lowest BCUT2D eigenvalue weighted by molar-refractivity contribution is 0.0574. The lowest BCUT2D eigenvalue weighted by Gasteiger charge is -2.27. The largest absolute Gasteiger partial charge is 0.491 e. The summed E-state index contributed by atoms with van der Waals surface area (Å²) in [5, 5.41) is 0. The van der Waals surface area contributed by atoms with Crippen LogP contribution in [0.1, 0.15) is 38.8 Å². The number of carbonyl (C=O) groups excluding carboxylic acids is 1. The molecule has 0 aliphatic rings. The molecule has 4 rings (SSSR count). The summed E-state index contributed by atoms with van der Waals surface area (Å²) in [4.78, 5) is 23.5. The van der Waals surface area contributed by atoms with Crippen LogP contribution in [0.15, 0.2) is 85.2 Å². The maximum Gasteiger partial charge on any atom is 0.416 e. The summed E-state index contributed by atoms with van der Waals surface area (Å²) in [6.07, 6.45) is 1.75. The van der Waals surface area contributed by atoms with Gasteiger partial charge in [0, 0.05) is 17.2 Å². The molecule has 39 heavy (non-hydrogen) atoms. The minimum atomic E-state index is -0.661. The van der Waals surface area contributed by atoms with E-state index in [-0.39, 0.29) is 13.2 Å². The number of aromatic nitrogens is 2. The summed E-state index contributed by atoms with van der Waals surface area (Å²) in [5.74, 6) is 1.94. The summed E-state index contributed by atoms with van der Waals surface area (Å²) in [6, 6.07) is 28.3. The summed E-state index contributed by atoms with van der Waals surface area (Å²) < 4.78 is 17.6. The zero-order valence-corrected chi connectivity index (χ0v) is 22.9. The van der Waals surface area contributed by atoms with Gasteiger partial charge in [0.1, 0.15) is 42.5 Å². The van der Waals surface area contributed by atoms with E-state index in [1.165, 1.54) is 11.2 Å². The predicted octanol–water partition coefficient (Wildman–Crippen LogP) is 6.91. The van der Waals surface area contributed by atoms with E-state index in [1.54, 1.807) is 6.07 Å². The van der Waals surface area contributed by atoms with Gasteiger partial charge in [-0.05, 0) is 69.2 Å². The topological polar surface area (TPSA) is 73.8 Å². The fraction of sp³-hybridized carbons (Fsp3) is 0.281. The molecule has 1 amide bonds. The Balaban J connectivity index is 1.49. The van der Waals surface area contributed by atoms with Crippen LogP contribution in [0.25, 0.3) is 11.3 Å². The first-order chi connectivity index (χ1) is 18.8. The third-order valence-electron chi connectivity index (χ3n) is 5.77. The molecule has 0 aliphatic carbocycles. The Bertz CT molecular complexity index is 1350. The fourth-order valence-corrected chi connectivity index (χ4v) is 3.85. The molecule has 1 aromatic heterocycles. The van der Waals surface area contributed by atoms with Crippen LogP contribution in [0.4, 0.5) is 10.6 Å². The van der Waals surface area contributed by atoms with Gasteiger partial charge in [0.25, 0.3) is 0 Å². The molecule has 4 aromatic rings. The smallest absolute Gasteiger partial charge is 0.416 e. The van der Waals surface area contributed by atoms with Gasteiger partial charge in [0.2, 0.25) is 0 Å². The van der Waals surface area contributed by atoms with Crippen molar-refractivity contribution in [2.45, 2.75) is 46.3 Å². The van der Waals surface area contributed by atoms with Crippen LogP contribution in [0.5, 0.6) is 11.5 Å². The molecule has 0 fully saturated rings. The van der Waals surface area contributed by atoms with Gasteiger partial charge in [0.05, 0.1) is 12.2 Å². The Kier molecular flexibility index (Phi) is 9.15. The fourth-order valence-electron chi connectivity index (χ4n) is 3.85. The standard InChI is InChI=1S/C32H34N3O4/c1-5-25-13-9-10-14-29(25)37-20-19-35(31(36)39-32(2,3)4)30-21-28(33-23-34-30)26-15-17-27(18-16-26)38-22-24-11-7-6-8-12-24/h6-12,14-18,21,23H,5,19-20,22H2,1-4H3. The van der Waals surface area contributed by atoms with E-state index in [1.807, 2.05) is 93.6 Å². The Morgan fingerprint density at radius 3 is 2.44 bits per heavy atom. The van der Waals surface area contributed by atoms with E-state index in [0.29, 0.717) is 18.1 Å². The van der Waals surface area contributed by atoms with Gasteiger partial charge < -0.3 is 14.2 Å². The number of nitrogens with zero attached hydrogens (tertiary/aromatic N) is 3. The molecule has 7 nitrogen and oxygen atoms in total. The maximum absolute atomic E-state index is 13.2. The number of hydrogen-bond donors (Lipinski definition) is 0. The first kappa shape index (κ1) is 27.6. The number of rotatable bonds is 10. The minimum absolute atomic E-state index is 0.246. The Labute approximate surface area is 230 Å². The van der Waals surface area contributed by atoms with Gasteiger partial charge in [-0.25, -0.2) is 14.8 Å². The van der Waals surface area contributed by atoms with E-state index in [4.69, 9.17) is 14.2 Å². The molecule has 3 aromatic carbocycles. The van der Waals surface area contributed by atoms with Gasteiger partial charge in [0.15, 0.2) is 0 Å². The van der Waals surface area contributed by atoms with E-state index in [9.17, 15) is 4.79 Å². The van der Waals surface area contributed by atoms with Crippen molar-refractivity contribution in [1.82, 2.24) is 9.97 Å². The molecule has 0 bridgehead atoms. The van der Waals surface area contributed by atoms with E-state index >= 15 is 0 Å². The molecular formula is C32H34N3O4. The average Bonchev–Trinajstić information content (AvgIpc) is 2.94. The molecule has 0 N–H and O–H groups in total. The highest BCUT2D eigenvalue weighted by Gasteiger charge is 2.25. The van der Waals surface area contributed by atoms with Crippen molar-refractivity contribution in [1.29, 1.82) is 0 Å². The van der Waals surface area contributed by atoms with Crippen molar-refractivity contribution in [3.05, 3.63) is 102 Å². The van der Waals surface area contributed by atoms with Gasteiger partial charge in [-0.15, -0.1) is 0 Å². The van der Waals surface area contributed by atoms with Crippen LogP contribution in [0.2, 0.25) is 0 Å². The average molecular weight is 525 g/mol. The monoisotopic (exact) mass is 524 g/mol. The second-order valence-corrected chi connectivity index (χ2v) is 9.91. The minimum Gasteiger partial charge on any atom is -0.491 e. The molecule has 0 unspecified atom stereocenters. The van der Waals surface area contributed by atoms with Crippen molar-refractivity contribution < 1.29 is 19.0 Å². The first-order valence-electron chi connectivity index (χ1n) is 13.0. The van der Waals surface area contributed by atoms with Gasteiger partial charge in [-0.3, -0.25) is 4.90 Å². The zero-order chi connectivity index (χ0) is 27.7. The number of ether oxygens (including phenoxy) is 3. The summed E-state index contributed by atoms with van der Waals surface area (Å²) in [5.41, 5.74) is 2.98. The molecule has 201 valence electrons. The van der Waals surface area contributed by atoms with E-state index < -0.39 is 11.7 Å². The van der Waals surface area contributed by atoms with Crippen LogP contribution in [0.3, 0.4) is 0 Å². The van der Waals surface area contributed by atoms with Crippen molar-refractivity contribution >= 4 is 11.9 Å². The molecule has 0 aliphatic heterocycles. The number of aryl methyl sites for hydroxylation is 1. The van der Waals surface area contributed by atoms with Gasteiger partial charge in [-0.1, -0.05) is 49.4 Å². The highest BCUT2D eigenvalue weighted by molar-refractivity contribution is 5.87. The van der Waals surface area contributed by atoms with Crippen LogP contribution in [0, 0.1) is 6.07 Å². The lowest BCUT2D eigenvalue weighted by atomic mass is 10.1. The number of anilines is 1. The molecular weight excluding hydrogens is 490 g/mol. The summed E-state index contributed by atoms with van der Waals surface area (Å²) >= 11 is 0. The highest BCUT2D eigenvalue weighted by atomic mass is 16.6. The van der Waals surface area contributed by atoms with E-state index in [0.717, 1.165) is 34.6 Å². The third kappa shape index (κ3) is 8.04. The normalized spacial score (nSPS) is 11.1. The molecule has 0 spiro atoms. The molecule has 0 saturated heterocycles. The second kappa shape index (κ2) is 12.9. The zero-order valence-electron chi connectivity index (χ0n) is 22.9. The predicted molar refractivity (Wildman–Crippen MR) is 152 cm³/mol. The van der Waals surface area contributed by atoms with Crippen molar-refractivity contribution in [3.8, 4) is 22.8 Å². The second-order valence-electron chi connectivity index (χ2n) is 9.91. The first-order valence-corrected chi connectivity index (χ1v) is 13.0. The Morgan fingerprint density at radius 2 is 1.72 bits per heavy atom.